The highest BCUT2D eigenvalue weighted by Crippen LogP contribution is 2.32. The molecule has 6 heteroatoms. The molecule has 2 saturated heterocycles. The average molecular weight is 457 g/mol. The number of piperidine rings is 1. The molecule has 2 aliphatic heterocycles. The summed E-state index contributed by atoms with van der Waals surface area (Å²) in [6, 6.07) is 10.0. The van der Waals surface area contributed by atoms with Crippen LogP contribution in [0.25, 0.3) is 10.9 Å². The molecule has 0 N–H and O–H groups in total. The number of rotatable bonds is 4. The molecule has 6 nitrogen and oxygen atoms in total. The predicted molar refractivity (Wildman–Crippen MR) is 132 cm³/mol. The second-order valence-electron chi connectivity index (χ2n) is 9.90. The highest BCUT2D eigenvalue weighted by atomic mass is 16.2. The molecule has 2 atom stereocenters. The number of aromatic nitrogens is 2. The molecule has 1 aromatic carbocycles. The van der Waals surface area contributed by atoms with E-state index in [2.05, 4.69) is 9.97 Å². The maximum absolute atomic E-state index is 13.4. The number of benzene rings is 1. The number of pyridine rings is 2. The van der Waals surface area contributed by atoms with E-state index in [1.54, 1.807) is 12.4 Å². The van der Waals surface area contributed by atoms with Crippen LogP contribution in [-0.2, 0) is 11.2 Å². The maximum atomic E-state index is 13.4. The summed E-state index contributed by atoms with van der Waals surface area (Å²) < 4.78 is 0. The van der Waals surface area contributed by atoms with E-state index in [0.717, 1.165) is 73.0 Å². The van der Waals surface area contributed by atoms with Crippen LogP contribution in [0, 0.1) is 25.7 Å². The second-order valence-corrected chi connectivity index (χ2v) is 9.90. The van der Waals surface area contributed by atoms with Gasteiger partial charge in [0.15, 0.2) is 0 Å². The second kappa shape index (κ2) is 9.53. The highest BCUT2D eigenvalue weighted by molar-refractivity contribution is 6.00. The average Bonchev–Trinajstić information content (AvgIpc) is 3.35. The van der Waals surface area contributed by atoms with Crippen molar-refractivity contribution in [1.82, 2.24) is 19.8 Å². The number of carbonyl (C=O) groups is 2. The van der Waals surface area contributed by atoms with Gasteiger partial charge < -0.3 is 9.80 Å². The summed E-state index contributed by atoms with van der Waals surface area (Å²) in [7, 11) is 0. The van der Waals surface area contributed by atoms with E-state index in [1.807, 2.05) is 60.2 Å². The molecular weight excluding hydrogens is 424 g/mol. The van der Waals surface area contributed by atoms with Crippen LogP contribution in [0.1, 0.15) is 46.3 Å². The van der Waals surface area contributed by atoms with Crippen molar-refractivity contribution in [3.05, 3.63) is 71.2 Å². The van der Waals surface area contributed by atoms with Crippen LogP contribution < -0.4 is 0 Å². The summed E-state index contributed by atoms with van der Waals surface area (Å²) >= 11 is 0. The lowest BCUT2D eigenvalue weighted by Gasteiger charge is -2.36. The van der Waals surface area contributed by atoms with Gasteiger partial charge in [0.2, 0.25) is 5.91 Å². The summed E-state index contributed by atoms with van der Waals surface area (Å²) in [4.78, 5) is 39.1. The number of amides is 2. The topological polar surface area (TPSA) is 66.4 Å². The van der Waals surface area contributed by atoms with Crippen LogP contribution in [0.4, 0.5) is 0 Å². The Morgan fingerprint density at radius 2 is 1.76 bits per heavy atom. The zero-order chi connectivity index (χ0) is 23.7. The van der Waals surface area contributed by atoms with Crippen LogP contribution in [-0.4, -0.2) is 57.8 Å². The van der Waals surface area contributed by atoms with E-state index in [-0.39, 0.29) is 11.8 Å². The highest BCUT2D eigenvalue weighted by Gasteiger charge is 2.35. The summed E-state index contributed by atoms with van der Waals surface area (Å²) in [5, 5.41) is 1.04. The molecule has 4 heterocycles. The van der Waals surface area contributed by atoms with Gasteiger partial charge in [-0.1, -0.05) is 24.3 Å². The minimum absolute atomic E-state index is 0.0777. The number of aryl methyl sites for hydroxylation is 2. The first kappa shape index (κ1) is 22.5. The fourth-order valence-corrected chi connectivity index (χ4v) is 5.64. The normalized spacial score (nSPS) is 20.6. The van der Waals surface area contributed by atoms with Gasteiger partial charge in [-0.3, -0.25) is 19.6 Å². The van der Waals surface area contributed by atoms with Crippen molar-refractivity contribution in [2.45, 2.75) is 39.5 Å². The molecule has 0 aliphatic carbocycles. The van der Waals surface area contributed by atoms with Gasteiger partial charge in [-0.25, -0.2) is 0 Å². The number of likely N-dealkylation sites (tertiary alicyclic amines) is 2. The Morgan fingerprint density at radius 3 is 2.62 bits per heavy atom. The van der Waals surface area contributed by atoms with E-state index < -0.39 is 0 Å². The van der Waals surface area contributed by atoms with Gasteiger partial charge in [-0.15, -0.1) is 0 Å². The lowest BCUT2D eigenvalue weighted by molar-refractivity contribution is -0.132. The van der Waals surface area contributed by atoms with Crippen LogP contribution >= 0.6 is 0 Å². The lowest BCUT2D eigenvalue weighted by Crippen LogP contribution is -2.43. The Morgan fingerprint density at radius 1 is 0.971 bits per heavy atom. The van der Waals surface area contributed by atoms with Gasteiger partial charge in [0.05, 0.1) is 17.5 Å². The van der Waals surface area contributed by atoms with Crippen LogP contribution in [0.5, 0.6) is 0 Å². The third-order valence-corrected chi connectivity index (χ3v) is 7.55. The standard InChI is InChI=1S/C28H32N4O2/c1-19-12-21(15-29-14-19)13-27(33)31-10-5-6-22(17-31)23-9-11-32(18-23)28(34)25-16-30-26-8-4-3-7-24(26)20(25)2/h3-4,7-8,12,14-16,22-23H,5-6,9-11,13,17-18H2,1-2H3. The lowest BCUT2D eigenvalue weighted by atomic mass is 9.84. The largest absolute Gasteiger partial charge is 0.342 e. The van der Waals surface area contributed by atoms with E-state index in [9.17, 15) is 9.59 Å². The maximum Gasteiger partial charge on any atom is 0.255 e. The molecule has 2 aliphatic rings. The molecule has 0 saturated carbocycles. The first-order chi connectivity index (χ1) is 16.5. The summed E-state index contributed by atoms with van der Waals surface area (Å²) in [5.41, 5.74) is 4.67. The van der Waals surface area contributed by atoms with Gasteiger partial charge in [-0.05, 0) is 67.7 Å². The van der Waals surface area contributed by atoms with Gasteiger partial charge in [0.1, 0.15) is 0 Å². The van der Waals surface area contributed by atoms with Crippen LogP contribution in [0.2, 0.25) is 0 Å². The molecular formula is C28H32N4O2. The summed E-state index contributed by atoms with van der Waals surface area (Å²) in [5.74, 6) is 1.14. The zero-order valence-electron chi connectivity index (χ0n) is 20.0. The Hall–Kier alpha value is -3.28. The summed E-state index contributed by atoms with van der Waals surface area (Å²) in [6.45, 7) is 7.17. The number of para-hydroxylation sites is 1. The SMILES string of the molecule is Cc1cncc(CC(=O)N2CCCC(C3CCN(C(=O)c4cnc5ccccc5c4C)C3)C2)c1. The first-order valence-corrected chi connectivity index (χ1v) is 12.3. The molecule has 176 valence electrons. The summed E-state index contributed by atoms with van der Waals surface area (Å²) in [6.07, 6.45) is 8.89. The van der Waals surface area contributed by atoms with Crippen molar-refractivity contribution < 1.29 is 9.59 Å². The number of hydrogen-bond acceptors (Lipinski definition) is 4. The molecule has 0 bridgehead atoms. The van der Waals surface area contributed by atoms with E-state index in [1.165, 1.54) is 0 Å². The van der Waals surface area contributed by atoms with Gasteiger partial charge in [0, 0.05) is 50.2 Å². The molecule has 0 radical (unpaired) electrons. The van der Waals surface area contributed by atoms with Crippen molar-refractivity contribution in [2.75, 3.05) is 26.2 Å². The van der Waals surface area contributed by atoms with Gasteiger partial charge in [0.25, 0.3) is 5.91 Å². The number of nitrogens with zero attached hydrogens (tertiary/aromatic N) is 4. The van der Waals surface area contributed by atoms with E-state index in [4.69, 9.17) is 0 Å². The van der Waals surface area contributed by atoms with Crippen molar-refractivity contribution in [3.63, 3.8) is 0 Å². The fraction of sp³-hybridized carbons (Fsp3) is 0.429. The minimum Gasteiger partial charge on any atom is -0.342 e. The van der Waals surface area contributed by atoms with Gasteiger partial charge >= 0.3 is 0 Å². The number of fused-ring (bicyclic) bond motifs is 1. The van der Waals surface area contributed by atoms with Crippen molar-refractivity contribution in [3.8, 4) is 0 Å². The molecule has 5 rings (SSSR count). The van der Waals surface area contributed by atoms with E-state index in [0.29, 0.717) is 23.8 Å². The molecule has 2 amide bonds. The Bertz CT molecular complexity index is 1220. The molecule has 2 fully saturated rings. The Kier molecular flexibility index (Phi) is 6.31. The molecule has 3 aromatic rings. The predicted octanol–water partition coefficient (Wildman–Crippen LogP) is 4.19. The third-order valence-electron chi connectivity index (χ3n) is 7.55. The molecule has 2 unspecified atom stereocenters. The Balaban J connectivity index is 1.22. The minimum atomic E-state index is 0.0777. The monoisotopic (exact) mass is 456 g/mol. The van der Waals surface area contributed by atoms with Crippen molar-refractivity contribution >= 4 is 22.7 Å². The first-order valence-electron chi connectivity index (χ1n) is 12.3. The third kappa shape index (κ3) is 4.54. The zero-order valence-corrected chi connectivity index (χ0v) is 20.0. The molecule has 34 heavy (non-hydrogen) atoms. The van der Waals surface area contributed by atoms with Crippen molar-refractivity contribution in [2.24, 2.45) is 11.8 Å². The van der Waals surface area contributed by atoms with E-state index >= 15 is 0 Å². The molecule has 0 spiro atoms. The number of carbonyl (C=O) groups excluding carboxylic acids is 2. The van der Waals surface area contributed by atoms with Crippen LogP contribution in [0.15, 0.2) is 48.9 Å². The molecule has 2 aromatic heterocycles. The Labute approximate surface area is 201 Å². The van der Waals surface area contributed by atoms with Crippen molar-refractivity contribution in [1.29, 1.82) is 0 Å². The number of hydrogen-bond donors (Lipinski definition) is 0. The fourth-order valence-electron chi connectivity index (χ4n) is 5.64. The van der Waals surface area contributed by atoms with Crippen LogP contribution in [0.3, 0.4) is 0 Å². The van der Waals surface area contributed by atoms with Gasteiger partial charge in [-0.2, -0.15) is 0 Å². The quantitative estimate of drug-likeness (QED) is 0.590. The smallest absolute Gasteiger partial charge is 0.255 e.